The molecule has 0 fully saturated rings. The molecule has 0 radical (unpaired) electrons. The lowest BCUT2D eigenvalue weighted by atomic mass is 10.0. The minimum absolute atomic E-state index is 0.332. The van der Waals surface area contributed by atoms with Crippen LogP contribution in [0.1, 0.15) is 30.0 Å². The van der Waals surface area contributed by atoms with E-state index in [1.54, 1.807) is 14.2 Å². The third kappa shape index (κ3) is 2.64. The van der Waals surface area contributed by atoms with Gasteiger partial charge in [-0.3, -0.25) is 5.84 Å². The first-order valence-electron chi connectivity index (χ1n) is 6.50. The molecule has 2 rings (SSSR count). The molecular weight excluding hydrogens is 256 g/mol. The van der Waals surface area contributed by atoms with Crippen molar-refractivity contribution in [2.24, 2.45) is 5.84 Å². The van der Waals surface area contributed by atoms with E-state index >= 15 is 0 Å². The van der Waals surface area contributed by atoms with E-state index in [0.29, 0.717) is 11.5 Å². The van der Waals surface area contributed by atoms with Gasteiger partial charge in [0.05, 0.1) is 19.8 Å². The second-order valence-corrected chi connectivity index (χ2v) is 4.33. The van der Waals surface area contributed by atoms with Crippen LogP contribution >= 0.6 is 0 Å². The highest BCUT2D eigenvalue weighted by Gasteiger charge is 2.24. The molecular formula is C15H20N2O3. The number of ether oxygens (including phenoxy) is 2. The number of hydrazine groups is 1. The lowest BCUT2D eigenvalue weighted by Gasteiger charge is -2.20. The van der Waals surface area contributed by atoms with Crippen LogP contribution in [0.15, 0.2) is 34.7 Å². The number of hydrogen-bond acceptors (Lipinski definition) is 5. The second-order valence-electron chi connectivity index (χ2n) is 4.33. The summed E-state index contributed by atoms with van der Waals surface area (Å²) in [6.07, 6.45) is 0.834. The number of benzene rings is 1. The topological polar surface area (TPSA) is 69.7 Å². The van der Waals surface area contributed by atoms with Gasteiger partial charge in [0, 0.05) is 6.42 Å². The van der Waals surface area contributed by atoms with Crippen LogP contribution in [0.3, 0.4) is 0 Å². The normalized spacial score (nSPS) is 12.2. The first-order chi connectivity index (χ1) is 9.74. The van der Waals surface area contributed by atoms with Crippen LogP contribution in [0.2, 0.25) is 0 Å². The van der Waals surface area contributed by atoms with Gasteiger partial charge in [0.25, 0.3) is 0 Å². The average Bonchev–Trinajstić information content (AvgIpc) is 2.97. The molecule has 1 heterocycles. The zero-order chi connectivity index (χ0) is 14.5. The Morgan fingerprint density at radius 1 is 1.15 bits per heavy atom. The van der Waals surface area contributed by atoms with Gasteiger partial charge in [0.15, 0.2) is 0 Å². The Morgan fingerprint density at radius 3 is 2.25 bits per heavy atom. The lowest BCUT2D eigenvalue weighted by Crippen LogP contribution is -2.29. The SMILES string of the molecule is CCc1ccc(C(NN)c2c(OC)cccc2OC)o1. The molecule has 5 heteroatoms. The molecule has 0 amide bonds. The maximum atomic E-state index is 5.79. The lowest BCUT2D eigenvalue weighted by molar-refractivity contribution is 0.363. The number of aryl methyl sites for hydroxylation is 1. The van der Waals surface area contributed by atoms with Gasteiger partial charge in [0.1, 0.15) is 29.1 Å². The number of hydrogen-bond donors (Lipinski definition) is 2. The molecule has 1 unspecified atom stereocenters. The van der Waals surface area contributed by atoms with Crippen LogP contribution in [0, 0.1) is 0 Å². The molecule has 5 nitrogen and oxygen atoms in total. The van der Waals surface area contributed by atoms with Crippen LogP contribution in [0.5, 0.6) is 11.5 Å². The third-order valence-electron chi connectivity index (χ3n) is 3.24. The molecule has 0 saturated carbocycles. The summed E-state index contributed by atoms with van der Waals surface area (Å²) < 4.78 is 16.6. The van der Waals surface area contributed by atoms with Gasteiger partial charge in [0.2, 0.25) is 0 Å². The van der Waals surface area contributed by atoms with E-state index in [4.69, 9.17) is 19.7 Å². The van der Waals surface area contributed by atoms with Crippen molar-refractivity contribution in [3.05, 3.63) is 47.4 Å². The van der Waals surface area contributed by atoms with Gasteiger partial charge in [-0.1, -0.05) is 13.0 Å². The van der Waals surface area contributed by atoms with E-state index in [1.165, 1.54) is 0 Å². The summed E-state index contributed by atoms with van der Waals surface area (Å²) in [5.41, 5.74) is 3.58. The molecule has 0 spiro atoms. The van der Waals surface area contributed by atoms with Crippen molar-refractivity contribution in [3.8, 4) is 11.5 Å². The Morgan fingerprint density at radius 2 is 1.80 bits per heavy atom. The van der Waals surface area contributed by atoms with Crippen molar-refractivity contribution in [1.29, 1.82) is 0 Å². The van der Waals surface area contributed by atoms with Crippen molar-refractivity contribution >= 4 is 0 Å². The van der Waals surface area contributed by atoms with Crippen LogP contribution in [-0.2, 0) is 6.42 Å². The standard InChI is InChI=1S/C15H20N2O3/c1-4-10-8-9-13(20-10)15(17-16)14-11(18-2)6-5-7-12(14)19-3/h5-9,15,17H,4,16H2,1-3H3. The van der Waals surface area contributed by atoms with Gasteiger partial charge >= 0.3 is 0 Å². The van der Waals surface area contributed by atoms with E-state index in [-0.39, 0.29) is 6.04 Å². The highest BCUT2D eigenvalue weighted by Crippen LogP contribution is 2.37. The minimum Gasteiger partial charge on any atom is -0.496 e. The molecule has 1 aromatic carbocycles. The summed E-state index contributed by atoms with van der Waals surface area (Å²) in [6.45, 7) is 2.04. The van der Waals surface area contributed by atoms with E-state index < -0.39 is 0 Å². The Bertz CT molecular complexity index is 544. The molecule has 0 aliphatic carbocycles. The minimum atomic E-state index is -0.332. The maximum Gasteiger partial charge on any atom is 0.127 e. The summed E-state index contributed by atoms with van der Waals surface area (Å²) in [5.74, 6) is 8.75. The van der Waals surface area contributed by atoms with Gasteiger partial charge in [-0.25, -0.2) is 5.43 Å². The highest BCUT2D eigenvalue weighted by molar-refractivity contribution is 5.49. The summed E-state index contributed by atoms with van der Waals surface area (Å²) >= 11 is 0. The Labute approximate surface area is 118 Å². The van der Waals surface area contributed by atoms with E-state index in [0.717, 1.165) is 23.5 Å². The van der Waals surface area contributed by atoms with E-state index in [2.05, 4.69) is 5.43 Å². The van der Waals surface area contributed by atoms with E-state index in [9.17, 15) is 0 Å². The summed E-state index contributed by atoms with van der Waals surface area (Å²) in [7, 11) is 3.23. The fraction of sp³-hybridized carbons (Fsp3) is 0.333. The Hall–Kier alpha value is -1.98. The fourth-order valence-corrected chi connectivity index (χ4v) is 2.21. The number of furan rings is 1. The summed E-state index contributed by atoms with van der Waals surface area (Å²) in [6, 6.07) is 9.13. The number of nitrogens with two attached hydrogens (primary N) is 1. The quantitative estimate of drug-likeness (QED) is 0.626. The molecule has 20 heavy (non-hydrogen) atoms. The average molecular weight is 276 g/mol. The first-order valence-corrected chi connectivity index (χ1v) is 6.50. The van der Waals surface area contributed by atoms with E-state index in [1.807, 2.05) is 37.3 Å². The molecule has 2 aromatic rings. The predicted octanol–water partition coefficient (Wildman–Crippen LogP) is 2.41. The molecule has 0 aliphatic heterocycles. The molecule has 0 saturated heterocycles. The smallest absolute Gasteiger partial charge is 0.127 e. The largest absolute Gasteiger partial charge is 0.496 e. The summed E-state index contributed by atoms with van der Waals surface area (Å²) in [5, 5.41) is 0. The van der Waals surface area contributed by atoms with Crippen molar-refractivity contribution in [3.63, 3.8) is 0 Å². The Kier molecular flexibility index (Phi) is 4.65. The fourth-order valence-electron chi connectivity index (χ4n) is 2.21. The highest BCUT2D eigenvalue weighted by atomic mass is 16.5. The third-order valence-corrected chi connectivity index (χ3v) is 3.24. The molecule has 1 atom stereocenters. The predicted molar refractivity (Wildman–Crippen MR) is 76.8 cm³/mol. The van der Waals surface area contributed by atoms with Crippen molar-refractivity contribution in [2.75, 3.05) is 14.2 Å². The molecule has 0 bridgehead atoms. The van der Waals surface area contributed by atoms with Crippen LogP contribution < -0.4 is 20.7 Å². The monoisotopic (exact) mass is 276 g/mol. The van der Waals surface area contributed by atoms with Gasteiger partial charge in [-0.2, -0.15) is 0 Å². The van der Waals surface area contributed by atoms with Gasteiger partial charge in [-0.05, 0) is 24.3 Å². The number of methoxy groups -OCH3 is 2. The molecule has 0 aliphatic rings. The Balaban J connectivity index is 2.50. The maximum absolute atomic E-state index is 5.79. The van der Waals surface area contributed by atoms with Crippen LogP contribution in [0.4, 0.5) is 0 Å². The van der Waals surface area contributed by atoms with Crippen molar-refractivity contribution in [2.45, 2.75) is 19.4 Å². The van der Waals surface area contributed by atoms with Gasteiger partial charge in [-0.15, -0.1) is 0 Å². The van der Waals surface area contributed by atoms with Crippen LogP contribution in [0.25, 0.3) is 0 Å². The zero-order valence-electron chi connectivity index (χ0n) is 12.0. The number of rotatable bonds is 6. The molecule has 1 aromatic heterocycles. The second kappa shape index (κ2) is 6.45. The number of nitrogens with one attached hydrogen (secondary N) is 1. The van der Waals surface area contributed by atoms with Crippen molar-refractivity contribution in [1.82, 2.24) is 5.43 Å². The first kappa shape index (κ1) is 14.4. The molecule has 108 valence electrons. The van der Waals surface area contributed by atoms with Crippen LogP contribution in [-0.4, -0.2) is 14.2 Å². The van der Waals surface area contributed by atoms with Gasteiger partial charge < -0.3 is 13.9 Å². The van der Waals surface area contributed by atoms with Crippen molar-refractivity contribution < 1.29 is 13.9 Å². The zero-order valence-corrected chi connectivity index (χ0v) is 12.0. The molecule has 3 N–H and O–H groups in total. The summed E-state index contributed by atoms with van der Waals surface area (Å²) in [4.78, 5) is 0.